The van der Waals surface area contributed by atoms with E-state index in [2.05, 4.69) is 29.9 Å². The number of anilines is 1. The molecule has 1 aromatic rings. The Morgan fingerprint density at radius 2 is 2.36 bits per heavy atom. The number of aromatic nitrogens is 1. The maximum Gasteiger partial charge on any atom is 0.0637 e. The molecule has 2 nitrogen and oxygen atoms in total. The zero-order chi connectivity index (χ0) is 9.97. The molecule has 14 heavy (non-hydrogen) atoms. The lowest BCUT2D eigenvalue weighted by molar-refractivity contribution is 0.721. The number of nitrogens with zero attached hydrogens (tertiary/aromatic N) is 2. The number of hydrogen-bond acceptors (Lipinski definition) is 2. The van der Waals surface area contributed by atoms with Crippen LogP contribution in [0.15, 0.2) is 12.3 Å². The molecule has 0 unspecified atom stereocenters. The van der Waals surface area contributed by atoms with Gasteiger partial charge in [0.1, 0.15) is 0 Å². The highest BCUT2D eigenvalue weighted by atomic mass is 15.1. The van der Waals surface area contributed by atoms with Crippen molar-refractivity contribution in [2.75, 3.05) is 18.5 Å². The van der Waals surface area contributed by atoms with E-state index in [1.54, 1.807) is 0 Å². The van der Waals surface area contributed by atoms with E-state index in [0.717, 1.165) is 12.8 Å². The summed E-state index contributed by atoms with van der Waals surface area (Å²) in [6.45, 7) is 3.38. The van der Waals surface area contributed by atoms with Crippen LogP contribution in [0.4, 0.5) is 5.69 Å². The van der Waals surface area contributed by atoms with Gasteiger partial charge in [0.05, 0.1) is 11.4 Å². The number of hydrogen-bond donors (Lipinski definition) is 0. The molecule has 1 aromatic heterocycles. The van der Waals surface area contributed by atoms with Crippen LogP contribution < -0.4 is 4.90 Å². The first-order valence-corrected chi connectivity index (χ1v) is 5.50. The van der Waals surface area contributed by atoms with Crippen LogP contribution in [0.2, 0.25) is 0 Å². The van der Waals surface area contributed by atoms with Gasteiger partial charge in [0.25, 0.3) is 0 Å². The minimum absolute atomic E-state index is 1.14. The fourth-order valence-electron chi connectivity index (χ4n) is 2.08. The van der Waals surface area contributed by atoms with Crippen LogP contribution in [0.5, 0.6) is 0 Å². The molecular formula is C12H18N2. The minimum atomic E-state index is 1.14. The molecule has 2 heterocycles. The predicted octanol–water partition coefficient (Wildman–Crippen LogP) is 2.42. The largest absolute Gasteiger partial charge is 0.373 e. The quantitative estimate of drug-likeness (QED) is 0.712. The van der Waals surface area contributed by atoms with Gasteiger partial charge in [-0.15, -0.1) is 0 Å². The Hall–Kier alpha value is -1.05. The van der Waals surface area contributed by atoms with Crippen LogP contribution in [0.25, 0.3) is 0 Å². The first kappa shape index (κ1) is 9.50. The third-order valence-electron chi connectivity index (χ3n) is 2.86. The second-order valence-corrected chi connectivity index (χ2v) is 4.08. The molecule has 0 amide bonds. The van der Waals surface area contributed by atoms with Crippen molar-refractivity contribution in [2.45, 2.75) is 32.6 Å². The molecule has 1 aliphatic rings. The van der Waals surface area contributed by atoms with E-state index in [4.69, 9.17) is 0 Å². The third kappa shape index (κ3) is 1.74. The molecule has 2 rings (SSSR count). The lowest BCUT2D eigenvalue weighted by Crippen LogP contribution is -2.25. The number of aryl methyl sites for hydroxylation is 2. The summed E-state index contributed by atoms with van der Waals surface area (Å²) in [5.74, 6) is 0. The van der Waals surface area contributed by atoms with E-state index >= 15 is 0 Å². The predicted molar refractivity (Wildman–Crippen MR) is 59.8 cm³/mol. The summed E-state index contributed by atoms with van der Waals surface area (Å²) in [6, 6.07) is 2.31. The zero-order valence-corrected chi connectivity index (χ0v) is 9.08. The SMILES string of the molecule is CCCc1cnc2c(c1)N(C)CCC2. The van der Waals surface area contributed by atoms with Gasteiger partial charge in [-0.1, -0.05) is 13.3 Å². The van der Waals surface area contributed by atoms with Crippen LogP contribution in [-0.4, -0.2) is 18.6 Å². The van der Waals surface area contributed by atoms with Crippen molar-refractivity contribution in [1.82, 2.24) is 4.98 Å². The Morgan fingerprint density at radius 1 is 1.50 bits per heavy atom. The van der Waals surface area contributed by atoms with Crippen molar-refractivity contribution < 1.29 is 0 Å². The summed E-state index contributed by atoms with van der Waals surface area (Å²) >= 11 is 0. The van der Waals surface area contributed by atoms with Crippen molar-refractivity contribution in [3.63, 3.8) is 0 Å². The molecule has 0 bridgehead atoms. The number of pyridine rings is 1. The van der Waals surface area contributed by atoms with Gasteiger partial charge in [0.15, 0.2) is 0 Å². The zero-order valence-electron chi connectivity index (χ0n) is 9.08. The molecular weight excluding hydrogens is 172 g/mol. The Kier molecular flexibility index (Phi) is 2.71. The van der Waals surface area contributed by atoms with Crippen molar-refractivity contribution >= 4 is 5.69 Å². The van der Waals surface area contributed by atoms with Crippen LogP contribution in [0.3, 0.4) is 0 Å². The fraction of sp³-hybridized carbons (Fsp3) is 0.583. The van der Waals surface area contributed by atoms with E-state index in [-0.39, 0.29) is 0 Å². The van der Waals surface area contributed by atoms with E-state index in [9.17, 15) is 0 Å². The lowest BCUT2D eigenvalue weighted by Gasteiger charge is -2.27. The van der Waals surface area contributed by atoms with Gasteiger partial charge >= 0.3 is 0 Å². The first-order valence-electron chi connectivity index (χ1n) is 5.50. The first-order chi connectivity index (χ1) is 6.81. The van der Waals surface area contributed by atoms with Crippen molar-refractivity contribution in [2.24, 2.45) is 0 Å². The average molecular weight is 190 g/mol. The summed E-state index contributed by atoms with van der Waals surface area (Å²) in [6.07, 6.45) is 6.77. The summed E-state index contributed by atoms with van der Waals surface area (Å²) in [5.41, 5.74) is 4.00. The van der Waals surface area contributed by atoms with Crippen LogP contribution >= 0.6 is 0 Å². The highest BCUT2D eigenvalue weighted by Gasteiger charge is 2.14. The molecule has 0 fully saturated rings. The maximum absolute atomic E-state index is 4.55. The molecule has 2 heteroatoms. The van der Waals surface area contributed by atoms with Gasteiger partial charge < -0.3 is 4.90 Å². The molecule has 0 spiro atoms. The topological polar surface area (TPSA) is 16.1 Å². The van der Waals surface area contributed by atoms with E-state index in [1.807, 2.05) is 6.20 Å². The summed E-state index contributed by atoms with van der Waals surface area (Å²) in [7, 11) is 2.16. The van der Waals surface area contributed by atoms with Gasteiger partial charge in [-0.05, 0) is 30.9 Å². The van der Waals surface area contributed by atoms with Gasteiger partial charge in [-0.25, -0.2) is 0 Å². The minimum Gasteiger partial charge on any atom is -0.373 e. The van der Waals surface area contributed by atoms with Crippen molar-refractivity contribution in [3.8, 4) is 0 Å². The molecule has 0 N–H and O–H groups in total. The third-order valence-corrected chi connectivity index (χ3v) is 2.86. The van der Waals surface area contributed by atoms with Gasteiger partial charge in [0, 0.05) is 19.8 Å². The second kappa shape index (κ2) is 3.99. The van der Waals surface area contributed by atoms with Crippen LogP contribution in [0.1, 0.15) is 31.0 Å². The molecule has 0 saturated carbocycles. The molecule has 0 aromatic carbocycles. The summed E-state index contributed by atoms with van der Waals surface area (Å²) < 4.78 is 0. The smallest absolute Gasteiger partial charge is 0.0637 e. The Labute approximate surface area is 86.0 Å². The monoisotopic (exact) mass is 190 g/mol. The summed E-state index contributed by atoms with van der Waals surface area (Å²) in [5, 5.41) is 0. The summed E-state index contributed by atoms with van der Waals surface area (Å²) in [4.78, 5) is 6.87. The molecule has 0 aliphatic carbocycles. The second-order valence-electron chi connectivity index (χ2n) is 4.08. The Bertz CT molecular complexity index is 320. The van der Waals surface area contributed by atoms with Gasteiger partial charge in [0.2, 0.25) is 0 Å². The van der Waals surface area contributed by atoms with Gasteiger partial charge in [-0.3, -0.25) is 4.98 Å². The maximum atomic E-state index is 4.55. The fourth-order valence-corrected chi connectivity index (χ4v) is 2.08. The van der Waals surface area contributed by atoms with E-state index in [1.165, 1.54) is 36.3 Å². The van der Waals surface area contributed by atoms with Crippen molar-refractivity contribution in [1.29, 1.82) is 0 Å². The molecule has 0 radical (unpaired) electrons. The Balaban J connectivity index is 2.31. The normalized spacial score (nSPS) is 15.4. The number of fused-ring (bicyclic) bond motifs is 1. The average Bonchev–Trinajstić information content (AvgIpc) is 2.20. The van der Waals surface area contributed by atoms with Crippen LogP contribution in [0, 0.1) is 0 Å². The highest BCUT2D eigenvalue weighted by Crippen LogP contribution is 2.25. The Morgan fingerprint density at radius 3 is 3.14 bits per heavy atom. The van der Waals surface area contributed by atoms with E-state index in [0.29, 0.717) is 0 Å². The highest BCUT2D eigenvalue weighted by molar-refractivity contribution is 5.53. The lowest BCUT2D eigenvalue weighted by atomic mass is 10.0. The van der Waals surface area contributed by atoms with Crippen LogP contribution in [-0.2, 0) is 12.8 Å². The van der Waals surface area contributed by atoms with Gasteiger partial charge in [-0.2, -0.15) is 0 Å². The molecule has 1 aliphatic heterocycles. The van der Waals surface area contributed by atoms with Crippen molar-refractivity contribution in [3.05, 3.63) is 23.5 Å². The number of rotatable bonds is 2. The molecule has 0 saturated heterocycles. The molecule has 76 valence electrons. The molecule has 0 atom stereocenters. The standard InChI is InChI=1S/C12H18N2/c1-3-5-10-8-12-11(13-9-10)6-4-7-14(12)2/h8-9H,3-7H2,1-2H3. The van der Waals surface area contributed by atoms with E-state index < -0.39 is 0 Å².